The van der Waals surface area contributed by atoms with E-state index in [0.717, 1.165) is 31.4 Å². The SMILES string of the molecule is Cc1[nH]ncc1C(=O)NCCOC1CCC(N)CC1. The van der Waals surface area contributed by atoms with Crippen LogP contribution in [-0.4, -0.2) is 41.4 Å². The number of carbonyl (C=O) groups is 1. The maximum absolute atomic E-state index is 11.8. The maximum Gasteiger partial charge on any atom is 0.254 e. The van der Waals surface area contributed by atoms with Crippen LogP contribution >= 0.6 is 0 Å². The Morgan fingerprint density at radius 1 is 1.53 bits per heavy atom. The second kappa shape index (κ2) is 6.68. The average Bonchev–Trinajstić information content (AvgIpc) is 2.83. The van der Waals surface area contributed by atoms with Crippen LogP contribution in [0.15, 0.2) is 6.20 Å². The molecular formula is C13H22N4O2. The molecule has 1 aromatic heterocycles. The lowest BCUT2D eigenvalue weighted by molar-refractivity contribution is 0.0267. The number of nitrogens with two attached hydrogens (primary N) is 1. The van der Waals surface area contributed by atoms with Crippen molar-refractivity contribution in [1.82, 2.24) is 15.5 Å². The quantitative estimate of drug-likeness (QED) is 0.685. The van der Waals surface area contributed by atoms with Crippen molar-refractivity contribution in [2.75, 3.05) is 13.2 Å². The number of aryl methyl sites for hydroxylation is 1. The Hall–Kier alpha value is -1.40. The van der Waals surface area contributed by atoms with Gasteiger partial charge < -0.3 is 15.8 Å². The highest BCUT2D eigenvalue weighted by Gasteiger charge is 2.18. The highest BCUT2D eigenvalue weighted by atomic mass is 16.5. The summed E-state index contributed by atoms with van der Waals surface area (Å²) in [5.41, 5.74) is 7.20. The molecule has 0 radical (unpaired) electrons. The number of amides is 1. The summed E-state index contributed by atoms with van der Waals surface area (Å²) < 4.78 is 5.74. The number of rotatable bonds is 5. The monoisotopic (exact) mass is 266 g/mol. The Kier molecular flexibility index (Phi) is 4.93. The zero-order chi connectivity index (χ0) is 13.7. The fraction of sp³-hybridized carbons (Fsp3) is 0.692. The van der Waals surface area contributed by atoms with E-state index in [-0.39, 0.29) is 5.91 Å². The molecule has 4 N–H and O–H groups in total. The molecule has 1 saturated carbocycles. The molecule has 0 aliphatic heterocycles. The Labute approximate surface area is 113 Å². The van der Waals surface area contributed by atoms with Crippen molar-refractivity contribution in [2.45, 2.75) is 44.8 Å². The zero-order valence-electron chi connectivity index (χ0n) is 11.3. The number of hydrogen-bond acceptors (Lipinski definition) is 4. The number of hydrogen-bond donors (Lipinski definition) is 3. The molecule has 1 fully saturated rings. The zero-order valence-corrected chi connectivity index (χ0v) is 11.3. The van der Waals surface area contributed by atoms with Crippen LogP contribution in [0, 0.1) is 6.92 Å². The van der Waals surface area contributed by atoms with E-state index in [4.69, 9.17) is 10.5 Å². The van der Waals surface area contributed by atoms with Crippen molar-refractivity contribution in [3.05, 3.63) is 17.5 Å². The molecule has 0 spiro atoms. The predicted octanol–water partition coefficient (Wildman–Crippen LogP) is 0.734. The number of ether oxygens (including phenoxy) is 1. The van der Waals surface area contributed by atoms with Crippen LogP contribution in [0.4, 0.5) is 0 Å². The lowest BCUT2D eigenvalue weighted by Gasteiger charge is -2.26. The first-order chi connectivity index (χ1) is 9.16. The third kappa shape index (κ3) is 4.04. The summed E-state index contributed by atoms with van der Waals surface area (Å²) >= 11 is 0. The van der Waals surface area contributed by atoms with Crippen LogP contribution in [-0.2, 0) is 4.74 Å². The van der Waals surface area contributed by atoms with Gasteiger partial charge in [0.05, 0.1) is 24.5 Å². The number of H-pyrrole nitrogens is 1. The standard InChI is InChI=1S/C13H22N4O2/c1-9-12(8-16-17-9)13(18)15-6-7-19-11-4-2-10(14)3-5-11/h8,10-11H,2-7,14H2,1H3,(H,15,18)(H,16,17). The van der Waals surface area contributed by atoms with Crippen LogP contribution in [0.3, 0.4) is 0 Å². The van der Waals surface area contributed by atoms with Gasteiger partial charge in [-0.05, 0) is 32.6 Å². The molecule has 6 nitrogen and oxygen atoms in total. The van der Waals surface area contributed by atoms with E-state index in [2.05, 4.69) is 15.5 Å². The lowest BCUT2D eigenvalue weighted by Crippen LogP contribution is -2.33. The summed E-state index contributed by atoms with van der Waals surface area (Å²) in [6, 6.07) is 0.337. The molecule has 0 aromatic carbocycles. The first-order valence-corrected chi connectivity index (χ1v) is 6.82. The van der Waals surface area contributed by atoms with Gasteiger partial charge in [0.15, 0.2) is 0 Å². The van der Waals surface area contributed by atoms with Gasteiger partial charge in [-0.2, -0.15) is 5.10 Å². The van der Waals surface area contributed by atoms with Crippen molar-refractivity contribution in [2.24, 2.45) is 5.73 Å². The molecule has 0 unspecified atom stereocenters. The van der Waals surface area contributed by atoms with Gasteiger partial charge in [-0.25, -0.2) is 0 Å². The van der Waals surface area contributed by atoms with Crippen LogP contribution < -0.4 is 11.1 Å². The first kappa shape index (κ1) is 14.0. The predicted molar refractivity (Wildman–Crippen MR) is 71.8 cm³/mol. The minimum Gasteiger partial charge on any atom is -0.376 e. The Bertz CT molecular complexity index is 411. The first-order valence-electron chi connectivity index (χ1n) is 6.82. The van der Waals surface area contributed by atoms with Gasteiger partial charge in [-0.3, -0.25) is 9.89 Å². The molecule has 1 aliphatic carbocycles. The van der Waals surface area contributed by atoms with Crippen molar-refractivity contribution in [3.63, 3.8) is 0 Å². The van der Waals surface area contributed by atoms with Crippen molar-refractivity contribution >= 4 is 5.91 Å². The van der Waals surface area contributed by atoms with E-state index in [9.17, 15) is 4.79 Å². The molecule has 1 amide bonds. The highest BCUT2D eigenvalue weighted by molar-refractivity contribution is 5.94. The molecule has 0 saturated heterocycles. The average molecular weight is 266 g/mol. The number of carbonyl (C=O) groups excluding carboxylic acids is 1. The molecule has 1 heterocycles. The smallest absolute Gasteiger partial charge is 0.254 e. The summed E-state index contributed by atoms with van der Waals surface area (Å²) in [6.07, 6.45) is 5.95. The van der Waals surface area contributed by atoms with Crippen LogP contribution in [0.2, 0.25) is 0 Å². The van der Waals surface area contributed by atoms with Crippen LogP contribution in [0.5, 0.6) is 0 Å². The summed E-state index contributed by atoms with van der Waals surface area (Å²) in [4.78, 5) is 11.8. The highest BCUT2D eigenvalue weighted by Crippen LogP contribution is 2.19. The molecule has 19 heavy (non-hydrogen) atoms. The maximum atomic E-state index is 11.8. The molecular weight excluding hydrogens is 244 g/mol. The van der Waals surface area contributed by atoms with Crippen LogP contribution in [0.1, 0.15) is 41.7 Å². The van der Waals surface area contributed by atoms with Gasteiger partial charge in [0.2, 0.25) is 0 Å². The third-order valence-corrected chi connectivity index (χ3v) is 3.53. The van der Waals surface area contributed by atoms with Gasteiger partial charge in [0.25, 0.3) is 5.91 Å². The second-order valence-corrected chi connectivity index (χ2v) is 5.07. The fourth-order valence-electron chi connectivity index (χ4n) is 2.32. The van der Waals surface area contributed by atoms with Gasteiger partial charge >= 0.3 is 0 Å². The summed E-state index contributed by atoms with van der Waals surface area (Å²) in [5.74, 6) is -0.111. The molecule has 2 rings (SSSR count). The number of nitrogens with one attached hydrogen (secondary N) is 2. The minimum atomic E-state index is -0.111. The molecule has 1 aromatic rings. The summed E-state index contributed by atoms with van der Waals surface area (Å²) in [5, 5.41) is 9.39. The van der Waals surface area contributed by atoms with E-state index >= 15 is 0 Å². The third-order valence-electron chi connectivity index (χ3n) is 3.53. The van der Waals surface area contributed by atoms with E-state index in [1.54, 1.807) is 0 Å². The van der Waals surface area contributed by atoms with Crippen molar-refractivity contribution in [3.8, 4) is 0 Å². The topological polar surface area (TPSA) is 93.0 Å². The van der Waals surface area contributed by atoms with E-state index in [0.29, 0.717) is 30.9 Å². The van der Waals surface area contributed by atoms with Crippen molar-refractivity contribution < 1.29 is 9.53 Å². The summed E-state index contributed by atoms with van der Waals surface area (Å²) in [6.45, 7) is 2.89. The van der Waals surface area contributed by atoms with Gasteiger partial charge in [-0.1, -0.05) is 0 Å². The Balaban J connectivity index is 1.62. The fourth-order valence-corrected chi connectivity index (χ4v) is 2.32. The van der Waals surface area contributed by atoms with Gasteiger partial charge in [0.1, 0.15) is 0 Å². The molecule has 0 atom stereocenters. The lowest BCUT2D eigenvalue weighted by atomic mass is 9.94. The Morgan fingerprint density at radius 3 is 2.89 bits per heavy atom. The summed E-state index contributed by atoms with van der Waals surface area (Å²) in [7, 11) is 0. The molecule has 0 bridgehead atoms. The van der Waals surface area contributed by atoms with Gasteiger partial charge in [-0.15, -0.1) is 0 Å². The number of aromatic nitrogens is 2. The van der Waals surface area contributed by atoms with E-state index < -0.39 is 0 Å². The largest absolute Gasteiger partial charge is 0.376 e. The van der Waals surface area contributed by atoms with Gasteiger partial charge in [0, 0.05) is 18.3 Å². The number of aromatic amines is 1. The van der Waals surface area contributed by atoms with E-state index in [1.807, 2.05) is 6.92 Å². The number of nitrogens with zero attached hydrogens (tertiary/aromatic N) is 1. The minimum absolute atomic E-state index is 0.111. The Morgan fingerprint density at radius 2 is 2.26 bits per heavy atom. The van der Waals surface area contributed by atoms with Crippen molar-refractivity contribution in [1.29, 1.82) is 0 Å². The molecule has 106 valence electrons. The second-order valence-electron chi connectivity index (χ2n) is 5.07. The molecule has 6 heteroatoms. The normalized spacial score (nSPS) is 23.3. The van der Waals surface area contributed by atoms with E-state index in [1.165, 1.54) is 6.20 Å². The molecule has 1 aliphatic rings. The van der Waals surface area contributed by atoms with Crippen LogP contribution in [0.25, 0.3) is 0 Å².